The van der Waals surface area contributed by atoms with E-state index in [4.69, 9.17) is 0 Å². The average molecular weight is 182 g/mol. The lowest BCUT2D eigenvalue weighted by molar-refractivity contribution is -0.927. The first-order valence-corrected chi connectivity index (χ1v) is 6.07. The molecule has 1 heteroatoms. The third kappa shape index (κ3) is 1.76. The zero-order chi connectivity index (χ0) is 9.31. The van der Waals surface area contributed by atoms with E-state index in [0.29, 0.717) is 0 Å². The predicted molar refractivity (Wildman–Crippen MR) is 56.6 cm³/mol. The van der Waals surface area contributed by atoms with Crippen molar-refractivity contribution in [2.75, 3.05) is 20.1 Å². The molecule has 0 spiro atoms. The van der Waals surface area contributed by atoms with Crippen molar-refractivity contribution in [2.24, 2.45) is 5.92 Å². The number of hydrogen-bond donors (Lipinski definition) is 0. The van der Waals surface area contributed by atoms with E-state index in [1.807, 2.05) is 0 Å². The Bertz CT molecular complexity index is 170. The van der Waals surface area contributed by atoms with Crippen molar-refractivity contribution >= 4 is 0 Å². The van der Waals surface area contributed by atoms with Crippen LogP contribution in [0.25, 0.3) is 0 Å². The molecule has 1 saturated carbocycles. The monoisotopic (exact) mass is 182 g/mol. The predicted octanol–water partition coefficient (Wildman–Crippen LogP) is 2.81. The standard InChI is InChI=1S/C12H24N/c1-11-7-3-4-8-12(11)13(2)9-5-6-10-13/h11-12H,3-10H2,1-2H3/q+1. The Morgan fingerprint density at radius 3 is 2.15 bits per heavy atom. The summed E-state index contributed by atoms with van der Waals surface area (Å²) in [6, 6.07) is 0.997. The largest absolute Gasteiger partial charge is 0.323 e. The van der Waals surface area contributed by atoms with Gasteiger partial charge in [0.1, 0.15) is 0 Å². The van der Waals surface area contributed by atoms with Crippen LogP contribution in [0.2, 0.25) is 0 Å². The summed E-state index contributed by atoms with van der Waals surface area (Å²) in [6.45, 7) is 5.38. The highest BCUT2D eigenvalue weighted by molar-refractivity contribution is 4.75. The first-order chi connectivity index (χ1) is 6.22. The minimum Gasteiger partial charge on any atom is -0.323 e. The topological polar surface area (TPSA) is 0 Å². The fourth-order valence-electron chi connectivity index (χ4n) is 3.61. The molecule has 0 radical (unpaired) electrons. The Labute approximate surface area is 82.7 Å². The molecule has 1 nitrogen and oxygen atoms in total. The molecule has 2 rings (SSSR count). The molecule has 2 fully saturated rings. The second-order valence-electron chi connectivity index (χ2n) is 5.46. The summed E-state index contributed by atoms with van der Waals surface area (Å²) in [5.74, 6) is 0.983. The van der Waals surface area contributed by atoms with Gasteiger partial charge in [-0.2, -0.15) is 0 Å². The number of quaternary nitrogens is 1. The van der Waals surface area contributed by atoms with Crippen molar-refractivity contribution in [3.8, 4) is 0 Å². The SMILES string of the molecule is CC1CCCCC1[N+]1(C)CCCC1. The molecule has 76 valence electrons. The number of rotatable bonds is 1. The van der Waals surface area contributed by atoms with Gasteiger partial charge in [-0.3, -0.25) is 0 Å². The molecule has 0 amide bonds. The van der Waals surface area contributed by atoms with E-state index in [-0.39, 0.29) is 0 Å². The third-order valence-electron chi connectivity index (χ3n) is 4.45. The summed E-state index contributed by atoms with van der Waals surface area (Å²) in [7, 11) is 2.50. The lowest BCUT2D eigenvalue weighted by atomic mass is 9.84. The molecule has 2 unspecified atom stereocenters. The first kappa shape index (κ1) is 9.51. The van der Waals surface area contributed by atoms with E-state index < -0.39 is 0 Å². The van der Waals surface area contributed by atoms with Crippen molar-refractivity contribution in [1.82, 2.24) is 0 Å². The Morgan fingerprint density at radius 2 is 1.54 bits per heavy atom. The molecule has 13 heavy (non-hydrogen) atoms. The van der Waals surface area contributed by atoms with Gasteiger partial charge in [0, 0.05) is 18.8 Å². The smallest absolute Gasteiger partial charge is 0.0914 e. The van der Waals surface area contributed by atoms with Crippen LogP contribution in [0, 0.1) is 5.92 Å². The van der Waals surface area contributed by atoms with E-state index in [1.54, 1.807) is 0 Å². The van der Waals surface area contributed by atoms with Crippen LogP contribution < -0.4 is 0 Å². The van der Waals surface area contributed by atoms with Gasteiger partial charge in [-0.05, 0) is 19.3 Å². The van der Waals surface area contributed by atoms with E-state index in [1.165, 1.54) is 56.1 Å². The van der Waals surface area contributed by atoms with Crippen molar-refractivity contribution in [2.45, 2.75) is 51.5 Å². The molecular formula is C12H24N+. The normalized spacial score (nSPS) is 39.2. The fourth-order valence-corrected chi connectivity index (χ4v) is 3.61. The second-order valence-corrected chi connectivity index (χ2v) is 5.46. The molecule has 1 saturated heterocycles. The molecule has 0 aromatic heterocycles. The van der Waals surface area contributed by atoms with Gasteiger partial charge in [-0.1, -0.05) is 13.3 Å². The van der Waals surface area contributed by atoms with E-state index in [2.05, 4.69) is 14.0 Å². The van der Waals surface area contributed by atoms with Crippen LogP contribution >= 0.6 is 0 Å². The summed E-state index contributed by atoms with van der Waals surface area (Å²) in [6.07, 6.45) is 8.90. The minimum atomic E-state index is 0.983. The van der Waals surface area contributed by atoms with Gasteiger partial charge in [0.25, 0.3) is 0 Å². The molecule has 2 aliphatic rings. The number of nitrogens with zero attached hydrogens (tertiary/aromatic N) is 1. The van der Waals surface area contributed by atoms with Gasteiger partial charge in [0.2, 0.25) is 0 Å². The lowest BCUT2D eigenvalue weighted by Gasteiger charge is -2.43. The van der Waals surface area contributed by atoms with Crippen molar-refractivity contribution in [3.05, 3.63) is 0 Å². The van der Waals surface area contributed by atoms with Crippen molar-refractivity contribution in [3.63, 3.8) is 0 Å². The summed E-state index contributed by atoms with van der Waals surface area (Å²) in [5.41, 5.74) is 0. The highest BCUT2D eigenvalue weighted by Gasteiger charge is 2.39. The van der Waals surface area contributed by atoms with E-state index in [9.17, 15) is 0 Å². The van der Waals surface area contributed by atoms with E-state index in [0.717, 1.165) is 12.0 Å². The zero-order valence-electron chi connectivity index (χ0n) is 9.26. The first-order valence-electron chi connectivity index (χ1n) is 6.07. The number of hydrogen-bond acceptors (Lipinski definition) is 0. The molecule has 2 atom stereocenters. The molecule has 0 aromatic rings. The highest BCUT2D eigenvalue weighted by atomic mass is 15.4. The van der Waals surface area contributed by atoms with Crippen LogP contribution in [0.4, 0.5) is 0 Å². The van der Waals surface area contributed by atoms with Gasteiger partial charge in [-0.15, -0.1) is 0 Å². The van der Waals surface area contributed by atoms with Gasteiger partial charge in [0.05, 0.1) is 26.2 Å². The molecule has 0 aromatic carbocycles. The van der Waals surface area contributed by atoms with Gasteiger partial charge < -0.3 is 4.48 Å². The highest BCUT2D eigenvalue weighted by Crippen LogP contribution is 2.34. The van der Waals surface area contributed by atoms with Crippen LogP contribution in [-0.2, 0) is 0 Å². The Hall–Kier alpha value is -0.0400. The Kier molecular flexibility index (Phi) is 2.64. The van der Waals surface area contributed by atoms with Crippen molar-refractivity contribution < 1.29 is 4.48 Å². The van der Waals surface area contributed by atoms with Crippen LogP contribution in [0.1, 0.15) is 45.4 Å². The second kappa shape index (κ2) is 3.61. The molecule has 0 bridgehead atoms. The van der Waals surface area contributed by atoms with Crippen LogP contribution in [0.5, 0.6) is 0 Å². The van der Waals surface area contributed by atoms with E-state index >= 15 is 0 Å². The van der Waals surface area contributed by atoms with Gasteiger partial charge in [-0.25, -0.2) is 0 Å². The maximum Gasteiger partial charge on any atom is 0.0914 e. The van der Waals surface area contributed by atoms with Crippen LogP contribution in [0.3, 0.4) is 0 Å². The van der Waals surface area contributed by atoms with Crippen LogP contribution in [0.15, 0.2) is 0 Å². The summed E-state index contributed by atoms with van der Waals surface area (Å²) in [5, 5.41) is 0. The fraction of sp³-hybridized carbons (Fsp3) is 1.00. The summed E-state index contributed by atoms with van der Waals surface area (Å²) in [4.78, 5) is 0. The average Bonchev–Trinajstić information content (AvgIpc) is 2.54. The molecule has 0 N–H and O–H groups in total. The van der Waals surface area contributed by atoms with Gasteiger partial charge >= 0.3 is 0 Å². The molecule has 1 aliphatic heterocycles. The Balaban J connectivity index is 2.04. The third-order valence-corrected chi connectivity index (χ3v) is 4.45. The Morgan fingerprint density at radius 1 is 0.923 bits per heavy atom. The zero-order valence-corrected chi connectivity index (χ0v) is 9.26. The quantitative estimate of drug-likeness (QED) is 0.547. The maximum absolute atomic E-state index is 2.50. The minimum absolute atomic E-state index is 0.983. The molecule has 1 heterocycles. The summed E-state index contributed by atoms with van der Waals surface area (Å²) >= 11 is 0. The van der Waals surface area contributed by atoms with Crippen LogP contribution in [-0.4, -0.2) is 30.7 Å². The summed E-state index contributed by atoms with van der Waals surface area (Å²) < 4.78 is 1.40. The molecular weight excluding hydrogens is 158 g/mol. The van der Waals surface area contributed by atoms with Gasteiger partial charge in [0.15, 0.2) is 0 Å². The maximum atomic E-state index is 2.50. The molecule has 1 aliphatic carbocycles. The number of likely N-dealkylation sites (tertiary alicyclic amines) is 1. The van der Waals surface area contributed by atoms with Crippen molar-refractivity contribution in [1.29, 1.82) is 0 Å². The lowest BCUT2D eigenvalue weighted by Crippen LogP contribution is -2.53.